The molecule has 0 unspecified atom stereocenters. The highest BCUT2D eigenvalue weighted by Crippen LogP contribution is 2.32. The van der Waals surface area contributed by atoms with Gasteiger partial charge in [0, 0.05) is 10.9 Å². The number of thiophene rings is 1. The van der Waals surface area contributed by atoms with Crippen molar-refractivity contribution in [2.24, 2.45) is 0 Å². The molecule has 0 spiro atoms. The molecule has 1 fully saturated rings. The molecule has 7 nitrogen and oxygen atoms in total. The number of carbonyl (C=O) groups excluding carboxylic acids is 2. The third-order valence-corrected chi connectivity index (χ3v) is 5.29. The lowest BCUT2D eigenvalue weighted by molar-refractivity contribution is -0.385. The van der Waals surface area contributed by atoms with E-state index in [0.717, 1.165) is 21.6 Å². The molecule has 2 heterocycles. The smallest absolute Gasteiger partial charge is 0.267 e. The van der Waals surface area contributed by atoms with Crippen LogP contribution >= 0.6 is 35.3 Å². The van der Waals surface area contributed by atoms with Crippen molar-refractivity contribution in [1.82, 2.24) is 10.4 Å². The SMILES string of the molecule is O=C(NN1C(=O)/C(=C/c2cccs2)SC1=S)c1ccccc1[N+](=O)[O-]. The van der Waals surface area contributed by atoms with Crippen LogP contribution in [0, 0.1) is 10.1 Å². The number of nitrogens with one attached hydrogen (secondary N) is 1. The van der Waals surface area contributed by atoms with E-state index in [9.17, 15) is 19.7 Å². The van der Waals surface area contributed by atoms with Crippen LogP contribution in [0.5, 0.6) is 0 Å². The van der Waals surface area contributed by atoms with Crippen LogP contribution in [0.15, 0.2) is 46.7 Å². The molecule has 2 amide bonds. The maximum atomic E-state index is 12.4. The molecular formula is C15H9N3O4S3. The number of amides is 2. The van der Waals surface area contributed by atoms with Crippen LogP contribution in [0.25, 0.3) is 6.08 Å². The van der Waals surface area contributed by atoms with E-state index in [2.05, 4.69) is 5.43 Å². The van der Waals surface area contributed by atoms with E-state index in [1.165, 1.54) is 35.6 Å². The number of thiocarbonyl (C=S) groups is 1. The van der Waals surface area contributed by atoms with Gasteiger partial charge in [-0.15, -0.1) is 11.3 Å². The van der Waals surface area contributed by atoms with Crippen LogP contribution in [0.4, 0.5) is 5.69 Å². The second-order valence-corrected chi connectivity index (χ2v) is 7.40. The zero-order valence-electron chi connectivity index (χ0n) is 12.4. The van der Waals surface area contributed by atoms with Crippen LogP contribution in [-0.4, -0.2) is 26.1 Å². The fraction of sp³-hybridized carbons (Fsp3) is 0. The average Bonchev–Trinajstić information content (AvgIpc) is 3.19. The first kappa shape index (κ1) is 17.3. The quantitative estimate of drug-likeness (QED) is 0.372. The summed E-state index contributed by atoms with van der Waals surface area (Å²) >= 11 is 7.64. The van der Waals surface area contributed by atoms with Crippen molar-refractivity contribution in [3.8, 4) is 0 Å². The molecule has 0 saturated carbocycles. The molecule has 0 bridgehead atoms. The van der Waals surface area contributed by atoms with Gasteiger partial charge in [-0.05, 0) is 35.8 Å². The Morgan fingerprint density at radius 2 is 2.04 bits per heavy atom. The number of benzene rings is 1. The van der Waals surface area contributed by atoms with E-state index in [0.29, 0.717) is 4.91 Å². The number of carbonyl (C=O) groups is 2. The second kappa shape index (κ2) is 7.13. The van der Waals surface area contributed by atoms with E-state index < -0.39 is 16.7 Å². The summed E-state index contributed by atoms with van der Waals surface area (Å²) in [6.45, 7) is 0. The van der Waals surface area contributed by atoms with E-state index in [1.807, 2.05) is 17.5 Å². The van der Waals surface area contributed by atoms with Gasteiger partial charge in [-0.2, -0.15) is 5.01 Å². The molecule has 1 aromatic carbocycles. The van der Waals surface area contributed by atoms with Gasteiger partial charge >= 0.3 is 0 Å². The number of para-hydroxylation sites is 1. The minimum Gasteiger partial charge on any atom is -0.267 e. The molecule has 0 radical (unpaired) electrons. The topological polar surface area (TPSA) is 92.6 Å². The van der Waals surface area contributed by atoms with Gasteiger partial charge in [-0.1, -0.05) is 30.0 Å². The molecule has 0 atom stereocenters. The maximum Gasteiger partial charge on any atom is 0.285 e. The molecule has 25 heavy (non-hydrogen) atoms. The summed E-state index contributed by atoms with van der Waals surface area (Å²) in [6.07, 6.45) is 1.68. The molecule has 1 N–H and O–H groups in total. The number of rotatable bonds is 4. The van der Waals surface area contributed by atoms with E-state index in [1.54, 1.807) is 6.08 Å². The molecule has 0 aliphatic carbocycles. The molecule has 1 saturated heterocycles. The summed E-state index contributed by atoms with van der Waals surface area (Å²) in [7, 11) is 0. The van der Waals surface area contributed by atoms with E-state index in [-0.39, 0.29) is 15.6 Å². The molecule has 1 aliphatic heterocycles. The first-order chi connectivity index (χ1) is 12.0. The number of nitrogens with zero attached hydrogens (tertiary/aromatic N) is 2. The fourth-order valence-corrected chi connectivity index (χ4v) is 3.96. The van der Waals surface area contributed by atoms with Crippen LogP contribution in [0.1, 0.15) is 15.2 Å². The molecule has 3 rings (SSSR count). The maximum absolute atomic E-state index is 12.4. The van der Waals surface area contributed by atoms with E-state index >= 15 is 0 Å². The predicted molar refractivity (Wildman–Crippen MR) is 99.9 cm³/mol. The Morgan fingerprint density at radius 1 is 1.28 bits per heavy atom. The fourth-order valence-electron chi connectivity index (χ4n) is 2.05. The zero-order chi connectivity index (χ0) is 18.0. The Kier molecular flexibility index (Phi) is 4.93. The number of hydrogen-bond donors (Lipinski definition) is 1. The number of thioether (sulfide) groups is 1. The largest absolute Gasteiger partial charge is 0.285 e. The van der Waals surface area contributed by atoms with Crippen molar-refractivity contribution in [3.05, 3.63) is 67.2 Å². The highest BCUT2D eigenvalue weighted by molar-refractivity contribution is 8.26. The highest BCUT2D eigenvalue weighted by Gasteiger charge is 2.34. The summed E-state index contributed by atoms with van der Waals surface area (Å²) in [5.74, 6) is -1.25. The van der Waals surface area contributed by atoms with Crippen LogP contribution < -0.4 is 5.43 Å². The van der Waals surface area contributed by atoms with Crippen LogP contribution in [0.3, 0.4) is 0 Å². The van der Waals surface area contributed by atoms with Gasteiger partial charge in [0.1, 0.15) is 5.56 Å². The molecule has 2 aromatic rings. The zero-order valence-corrected chi connectivity index (χ0v) is 14.8. The van der Waals surface area contributed by atoms with Gasteiger partial charge in [0.2, 0.25) is 0 Å². The number of nitro benzene ring substituents is 1. The van der Waals surface area contributed by atoms with Crippen molar-refractivity contribution in [2.45, 2.75) is 0 Å². The highest BCUT2D eigenvalue weighted by atomic mass is 32.2. The summed E-state index contributed by atoms with van der Waals surface area (Å²) in [4.78, 5) is 36.4. The lowest BCUT2D eigenvalue weighted by atomic mass is 10.2. The first-order valence-electron chi connectivity index (χ1n) is 6.83. The third kappa shape index (κ3) is 3.60. The summed E-state index contributed by atoms with van der Waals surface area (Å²) in [5, 5.41) is 13.8. The minimum atomic E-state index is -0.777. The van der Waals surface area contributed by atoms with Gasteiger partial charge < -0.3 is 0 Å². The third-order valence-electron chi connectivity index (χ3n) is 3.17. The summed E-state index contributed by atoms with van der Waals surface area (Å²) in [5.41, 5.74) is 1.84. The van der Waals surface area contributed by atoms with Crippen LogP contribution in [-0.2, 0) is 4.79 Å². The summed E-state index contributed by atoms with van der Waals surface area (Å²) in [6, 6.07) is 9.19. The number of hydrazine groups is 1. The Balaban J connectivity index is 1.81. The van der Waals surface area contributed by atoms with Gasteiger partial charge in [-0.25, -0.2) is 0 Å². The molecule has 10 heteroatoms. The predicted octanol–water partition coefficient (Wildman–Crippen LogP) is 3.20. The molecule has 126 valence electrons. The van der Waals surface area contributed by atoms with Crippen LogP contribution in [0.2, 0.25) is 0 Å². The van der Waals surface area contributed by atoms with E-state index in [4.69, 9.17) is 12.2 Å². The average molecular weight is 391 g/mol. The van der Waals surface area contributed by atoms with Gasteiger partial charge in [0.15, 0.2) is 4.32 Å². The summed E-state index contributed by atoms with van der Waals surface area (Å²) < 4.78 is 0.153. The molecule has 1 aromatic heterocycles. The Bertz CT molecular complexity index is 909. The van der Waals surface area contributed by atoms with Crippen molar-refractivity contribution in [3.63, 3.8) is 0 Å². The van der Waals surface area contributed by atoms with Crippen molar-refractivity contribution >= 4 is 63.2 Å². The Hall–Kier alpha value is -2.56. The lowest BCUT2D eigenvalue weighted by Crippen LogP contribution is -2.45. The number of nitro groups is 1. The van der Waals surface area contributed by atoms with Crippen molar-refractivity contribution in [2.75, 3.05) is 0 Å². The lowest BCUT2D eigenvalue weighted by Gasteiger charge is -2.15. The normalized spacial score (nSPS) is 15.7. The number of hydrogen-bond acceptors (Lipinski definition) is 7. The standard InChI is InChI=1S/C15H9N3O4S3/c19-13(10-5-1-2-6-11(10)18(21)22)16-17-14(20)12(25-15(17)23)8-9-4-3-7-24-9/h1-8H,(H,16,19)/b12-8-. The van der Waals surface area contributed by atoms with Gasteiger partial charge in [0.05, 0.1) is 9.83 Å². The monoisotopic (exact) mass is 391 g/mol. The minimum absolute atomic E-state index is 0.149. The molecule has 1 aliphatic rings. The van der Waals surface area contributed by atoms with Gasteiger partial charge in [-0.3, -0.25) is 25.1 Å². The van der Waals surface area contributed by atoms with Crippen molar-refractivity contribution in [1.29, 1.82) is 0 Å². The first-order valence-corrected chi connectivity index (χ1v) is 8.93. The molecular weight excluding hydrogens is 382 g/mol. The van der Waals surface area contributed by atoms with Gasteiger partial charge in [0.25, 0.3) is 17.5 Å². The second-order valence-electron chi connectivity index (χ2n) is 4.75. The van der Waals surface area contributed by atoms with Crippen molar-refractivity contribution < 1.29 is 14.5 Å². The Labute approximate surface area is 155 Å². The Morgan fingerprint density at radius 3 is 2.72 bits per heavy atom.